The molecule has 1 N–H and O–H groups in total. The van der Waals surface area contributed by atoms with E-state index in [4.69, 9.17) is 11.6 Å². The van der Waals surface area contributed by atoms with Gasteiger partial charge in [0.15, 0.2) is 0 Å². The van der Waals surface area contributed by atoms with E-state index < -0.39 is 0 Å². The highest BCUT2D eigenvalue weighted by Gasteiger charge is 2.15. The number of carbonyl (C=O) groups is 1. The summed E-state index contributed by atoms with van der Waals surface area (Å²) in [5.74, 6) is 0.595. The number of likely N-dealkylation sites (N-methyl/N-ethyl adjacent to an activating group) is 1. The first-order valence-corrected chi connectivity index (χ1v) is 6.40. The van der Waals surface area contributed by atoms with Gasteiger partial charge in [-0.1, -0.05) is 35.9 Å². The van der Waals surface area contributed by atoms with E-state index in [9.17, 15) is 4.79 Å². The van der Waals surface area contributed by atoms with Crippen LogP contribution in [0.3, 0.4) is 0 Å². The molecule has 19 heavy (non-hydrogen) atoms. The molecule has 0 bridgehead atoms. The van der Waals surface area contributed by atoms with Crippen LogP contribution in [0.25, 0.3) is 10.8 Å². The van der Waals surface area contributed by atoms with E-state index in [0.29, 0.717) is 11.0 Å². The molecule has 2 rings (SSSR count). The van der Waals surface area contributed by atoms with Gasteiger partial charge in [0, 0.05) is 19.5 Å². The molecule has 100 valence electrons. The predicted molar refractivity (Wildman–Crippen MR) is 78.5 cm³/mol. The quantitative estimate of drug-likeness (QED) is 0.878. The van der Waals surface area contributed by atoms with Gasteiger partial charge in [0.05, 0.1) is 0 Å². The largest absolute Gasteiger partial charge is 0.359 e. The minimum absolute atomic E-state index is 0.00826. The lowest BCUT2D eigenvalue weighted by molar-refractivity contribution is -0.129. The molecule has 2 aromatic rings. The fourth-order valence-corrected chi connectivity index (χ4v) is 2.16. The zero-order valence-corrected chi connectivity index (χ0v) is 11.9. The number of nitrogens with zero attached hydrogens (tertiary/aromatic N) is 2. The molecule has 0 fully saturated rings. The van der Waals surface area contributed by atoms with Crippen molar-refractivity contribution in [3.63, 3.8) is 0 Å². The Balaban J connectivity index is 2.29. The summed E-state index contributed by atoms with van der Waals surface area (Å²) in [6.45, 7) is 1.80. The number of aromatic nitrogens is 1. The number of hydrogen-bond donors (Lipinski definition) is 1. The Morgan fingerprint density at radius 3 is 2.74 bits per heavy atom. The first kappa shape index (κ1) is 13.6. The summed E-state index contributed by atoms with van der Waals surface area (Å²) in [5.41, 5.74) is 0. The molecule has 0 saturated carbocycles. The van der Waals surface area contributed by atoms with Crippen LogP contribution >= 0.6 is 11.6 Å². The highest BCUT2D eigenvalue weighted by molar-refractivity contribution is 6.34. The summed E-state index contributed by atoms with van der Waals surface area (Å²) in [4.78, 5) is 17.6. The average molecular weight is 278 g/mol. The Hall–Kier alpha value is -1.81. The monoisotopic (exact) mass is 277 g/mol. The number of amides is 1. The molecular weight excluding hydrogens is 262 g/mol. The minimum Gasteiger partial charge on any atom is -0.359 e. The first-order valence-electron chi connectivity index (χ1n) is 6.02. The summed E-state index contributed by atoms with van der Waals surface area (Å²) >= 11 is 6.14. The second-order valence-corrected chi connectivity index (χ2v) is 4.98. The van der Waals surface area contributed by atoms with Crippen LogP contribution in [0.4, 0.5) is 5.82 Å². The smallest absolute Gasteiger partial charge is 0.244 e. The van der Waals surface area contributed by atoms with E-state index in [1.54, 1.807) is 25.9 Å². The van der Waals surface area contributed by atoms with E-state index in [1.807, 2.05) is 30.3 Å². The lowest BCUT2D eigenvalue weighted by Gasteiger charge is -2.18. The van der Waals surface area contributed by atoms with E-state index >= 15 is 0 Å². The predicted octanol–water partition coefficient (Wildman–Crippen LogP) is 2.78. The lowest BCUT2D eigenvalue weighted by Crippen LogP contribution is -2.36. The number of rotatable bonds is 3. The van der Waals surface area contributed by atoms with Crippen molar-refractivity contribution in [3.8, 4) is 0 Å². The van der Waals surface area contributed by atoms with Crippen LogP contribution in [-0.2, 0) is 4.79 Å². The number of halogens is 1. The van der Waals surface area contributed by atoms with Crippen LogP contribution in [0.5, 0.6) is 0 Å². The van der Waals surface area contributed by atoms with Crippen molar-refractivity contribution in [2.24, 2.45) is 0 Å². The van der Waals surface area contributed by atoms with Gasteiger partial charge in [0.1, 0.15) is 17.0 Å². The van der Waals surface area contributed by atoms with Crippen molar-refractivity contribution in [2.75, 3.05) is 19.4 Å². The van der Waals surface area contributed by atoms with Crippen molar-refractivity contribution < 1.29 is 4.79 Å². The van der Waals surface area contributed by atoms with Gasteiger partial charge in [0.25, 0.3) is 0 Å². The number of carbonyl (C=O) groups excluding carboxylic acids is 1. The Bertz CT molecular complexity index is 613. The molecule has 1 aromatic heterocycles. The molecule has 0 saturated heterocycles. The number of nitrogens with one attached hydrogen (secondary N) is 1. The fraction of sp³-hybridized carbons (Fsp3) is 0.286. The normalized spacial score (nSPS) is 12.2. The second kappa shape index (κ2) is 5.45. The molecule has 1 atom stereocenters. The number of fused-ring (bicyclic) bond motifs is 1. The third-order valence-corrected chi connectivity index (χ3v) is 3.16. The number of benzene rings is 1. The third-order valence-electron chi connectivity index (χ3n) is 2.87. The van der Waals surface area contributed by atoms with Crippen LogP contribution < -0.4 is 5.32 Å². The standard InChI is InChI=1S/C14H16ClN3O/c1-9(14(19)18(2)3)16-12-8-10-6-4-5-7-11(10)13(15)17-12/h4-9H,1-3H3,(H,16,17)/t9-/m0/s1. The lowest BCUT2D eigenvalue weighted by atomic mass is 10.2. The van der Waals surface area contributed by atoms with Crippen LogP contribution in [0.15, 0.2) is 30.3 Å². The average Bonchev–Trinajstić information content (AvgIpc) is 2.37. The number of pyridine rings is 1. The molecule has 0 aliphatic heterocycles. The minimum atomic E-state index is -0.347. The maximum atomic E-state index is 11.8. The topological polar surface area (TPSA) is 45.2 Å². The first-order chi connectivity index (χ1) is 8.99. The summed E-state index contributed by atoms with van der Waals surface area (Å²) in [5, 5.41) is 5.40. The van der Waals surface area contributed by atoms with Crippen LogP contribution in [-0.4, -0.2) is 35.9 Å². The van der Waals surface area contributed by atoms with E-state index in [2.05, 4.69) is 10.3 Å². The summed E-state index contributed by atoms with van der Waals surface area (Å²) in [6, 6.07) is 9.29. The molecule has 0 aliphatic rings. The second-order valence-electron chi connectivity index (χ2n) is 4.62. The van der Waals surface area contributed by atoms with Crippen molar-refractivity contribution in [3.05, 3.63) is 35.5 Å². The summed E-state index contributed by atoms with van der Waals surface area (Å²) in [7, 11) is 3.45. The van der Waals surface area contributed by atoms with Crippen molar-refractivity contribution in [1.82, 2.24) is 9.88 Å². The summed E-state index contributed by atoms with van der Waals surface area (Å²) in [6.07, 6.45) is 0. The van der Waals surface area contributed by atoms with Gasteiger partial charge >= 0.3 is 0 Å². The molecule has 0 radical (unpaired) electrons. The van der Waals surface area contributed by atoms with Crippen LogP contribution in [0, 0.1) is 0 Å². The molecule has 0 spiro atoms. The Morgan fingerprint density at radius 1 is 1.37 bits per heavy atom. The third kappa shape index (κ3) is 2.96. The van der Waals surface area contributed by atoms with Crippen molar-refractivity contribution in [2.45, 2.75) is 13.0 Å². The highest BCUT2D eigenvalue weighted by atomic mass is 35.5. The SMILES string of the molecule is C[C@H](Nc1cc2ccccc2c(Cl)n1)C(=O)N(C)C. The van der Waals surface area contributed by atoms with Gasteiger partial charge in [-0.05, 0) is 18.4 Å². The Morgan fingerprint density at radius 2 is 2.05 bits per heavy atom. The maximum Gasteiger partial charge on any atom is 0.244 e. The maximum absolute atomic E-state index is 11.8. The van der Waals surface area contributed by atoms with Crippen molar-refractivity contribution in [1.29, 1.82) is 0 Å². The highest BCUT2D eigenvalue weighted by Crippen LogP contribution is 2.24. The fourth-order valence-electron chi connectivity index (χ4n) is 1.90. The molecule has 1 heterocycles. The molecule has 5 heteroatoms. The molecule has 1 aromatic carbocycles. The van der Waals surface area contributed by atoms with Gasteiger partial charge in [-0.25, -0.2) is 4.98 Å². The van der Waals surface area contributed by atoms with Crippen LogP contribution in [0.2, 0.25) is 5.15 Å². The number of anilines is 1. The van der Waals surface area contributed by atoms with Gasteiger partial charge in [-0.3, -0.25) is 4.79 Å². The molecule has 0 aliphatic carbocycles. The van der Waals surface area contributed by atoms with E-state index in [1.165, 1.54) is 0 Å². The van der Waals surface area contributed by atoms with Gasteiger partial charge < -0.3 is 10.2 Å². The molecular formula is C14H16ClN3O. The van der Waals surface area contributed by atoms with Crippen LogP contribution in [0.1, 0.15) is 6.92 Å². The van der Waals surface area contributed by atoms with Gasteiger partial charge in [-0.2, -0.15) is 0 Å². The van der Waals surface area contributed by atoms with E-state index in [0.717, 1.165) is 10.8 Å². The summed E-state index contributed by atoms with van der Waals surface area (Å²) < 4.78 is 0. The van der Waals surface area contributed by atoms with Crippen molar-refractivity contribution >= 4 is 34.1 Å². The molecule has 0 unspecified atom stereocenters. The van der Waals surface area contributed by atoms with E-state index in [-0.39, 0.29) is 11.9 Å². The van der Waals surface area contributed by atoms with Gasteiger partial charge in [0.2, 0.25) is 5.91 Å². The Labute approximate surface area is 117 Å². The van der Waals surface area contributed by atoms with Gasteiger partial charge in [-0.15, -0.1) is 0 Å². The Kier molecular flexibility index (Phi) is 3.90. The number of hydrogen-bond acceptors (Lipinski definition) is 3. The zero-order chi connectivity index (χ0) is 14.0. The zero-order valence-electron chi connectivity index (χ0n) is 11.1. The molecule has 4 nitrogen and oxygen atoms in total. The molecule has 1 amide bonds.